The van der Waals surface area contributed by atoms with Crippen LogP contribution in [-0.4, -0.2) is 56.3 Å². The zero-order valence-corrected chi connectivity index (χ0v) is 21.4. The Morgan fingerprint density at radius 2 is 1.80 bits per heavy atom. The molecule has 9 heteroatoms. The normalized spacial score (nSPS) is 12.5. The number of hydrogen-bond donors (Lipinski definition) is 1. The molecule has 0 radical (unpaired) electrons. The topological polar surface area (TPSA) is 113 Å². The van der Waals surface area contributed by atoms with Crippen LogP contribution in [0.1, 0.15) is 46.0 Å². The van der Waals surface area contributed by atoms with Crippen LogP contribution in [-0.2, 0) is 27.4 Å². The van der Waals surface area contributed by atoms with E-state index < -0.39 is 23.6 Å². The minimum absolute atomic E-state index is 0.0291. The minimum atomic E-state index is -0.888. The third kappa shape index (κ3) is 6.57. The van der Waals surface area contributed by atoms with E-state index in [0.29, 0.717) is 36.7 Å². The van der Waals surface area contributed by atoms with Crippen LogP contribution in [0.4, 0.5) is 4.79 Å². The molecule has 188 valence electrons. The summed E-state index contributed by atoms with van der Waals surface area (Å²) in [5, 5.41) is 0. The molecule has 0 aliphatic carbocycles. The largest absolute Gasteiger partial charge is 0.444 e. The van der Waals surface area contributed by atoms with Crippen LogP contribution in [0.3, 0.4) is 0 Å². The number of imidazole rings is 1. The molecule has 1 atom stereocenters. The van der Waals surface area contributed by atoms with Gasteiger partial charge in [0, 0.05) is 18.7 Å². The Hall–Kier alpha value is -3.46. The van der Waals surface area contributed by atoms with Gasteiger partial charge in [0.2, 0.25) is 5.91 Å². The fourth-order valence-corrected chi connectivity index (χ4v) is 3.58. The van der Waals surface area contributed by atoms with Gasteiger partial charge in [0.1, 0.15) is 23.0 Å². The molecule has 2 amide bonds. The van der Waals surface area contributed by atoms with Crippen molar-refractivity contribution in [2.45, 2.75) is 66.3 Å². The first-order chi connectivity index (χ1) is 16.5. The number of carbonyl (C=O) groups excluding carboxylic acids is 2. The maximum absolute atomic E-state index is 13.0. The second-order valence-electron chi connectivity index (χ2n) is 9.47. The van der Waals surface area contributed by atoms with E-state index in [-0.39, 0.29) is 6.54 Å². The molecule has 3 rings (SSSR count). The Kier molecular flexibility index (Phi) is 8.11. The van der Waals surface area contributed by atoms with Crippen LogP contribution in [0, 0.1) is 6.92 Å². The number of primary amides is 1. The van der Waals surface area contributed by atoms with Crippen molar-refractivity contribution in [2.75, 3.05) is 13.2 Å². The van der Waals surface area contributed by atoms with Crippen molar-refractivity contribution in [1.82, 2.24) is 19.4 Å². The Morgan fingerprint density at radius 1 is 1.11 bits per heavy atom. The number of pyridine rings is 1. The number of carbonyl (C=O) groups is 2. The van der Waals surface area contributed by atoms with Crippen molar-refractivity contribution in [3.8, 4) is 11.3 Å². The fourth-order valence-electron chi connectivity index (χ4n) is 3.58. The maximum Gasteiger partial charge on any atom is 0.411 e. The summed E-state index contributed by atoms with van der Waals surface area (Å²) in [6, 6.07) is 11.1. The van der Waals surface area contributed by atoms with Crippen molar-refractivity contribution < 1.29 is 19.1 Å². The van der Waals surface area contributed by atoms with E-state index in [0.717, 1.165) is 11.3 Å². The molecule has 0 aliphatic heterocycles. The number of aromatic nitrogens is 3. The molecule has 0 saturated carbocycles. The highest BCUT2D eigenvalue weighted by molar-refractivity contribution is 5.84. The molecule has 2 aromatic heterocycles. The van der Waals surface area contributed by atoms with E-state index >= 15 is 0 Å². The number of ether oxygens (including phenoxy) is 2. The monoisotopic (exact) mass is 481 g/mol. The predicted octanol–water partition coefficient (Wildman–Crippen LogP) is 4.05. The van der Waals surface area contributed by atoms with Crippen LogP contribution in [0.2, 0.25) is 0 Å². The number of nitrogens with two attached hydrogens (primary N) is 1. The van der Waals surface area contributed by atoms with Gasteiger partial charge in [-0.2, -0.15) is 0 Å². The van der Waals surface area contributed by atoms with E-state index in [9.17, 15) is 9.59 Å². The zero-order valence-electron chi connectivity index (χ0n) is 21.4. The average Bonchev–Trinajstić information content (AvgIpc) is 3.13. The van der Waals surface area contributed by atoms with Gasteiger partial charge in [0.25, 0.3) is 0 Å². The summed E-state index contributed by atoms with van der Waals surface area (Å²) >= 11 is 0. The first-order valence-electron chi connectivity index (χ1n) is 11.8. The molecular formula is C26H35N5O4. The SMILES string of the molecule is CCOCCn1c(CN(C(=O)OC(C)(C)C)[C@@H](C)C(N)=O)nc2ccc(-c3ccc(C)cc3)nc21. The van der Waals surface area contributed by atoms with E-state index in [1.165, 1.54) is 10.5 Å². The van der Waals surface area contributed by atoms with Crippen LogP contribution < -0.4 is 5.73 Å². The minimum Gasteiger partial charge on any atom is -0.444 e. The second kappa shape index (κ2) is 10.9. The molecule has 2 N–H and O–H groups in total. The first-order valence-corrected chi connectivity index (χ1v) is 11.8. The molecular weight excluding hydrogens is 446 g/mol. The highest BCUT2D eigenvalue weighted by atomic mass is 16.6. The van der Waals surface area contributed by atoms with E-state index in [4.69, 9.17) is 25.2 Å². The standard InChI is InChI=1S/C26H35N5O4/c1-7-34-15-14-30-22(16-31(18(3)23(27)32)25(33)35-26(4,5)6)28-21-13-12-20(29-24(21)30)19-10-8-17(2)9-11-19/h8-13,18H,7,14-16H2,1-6H3,(H2,27,32)/t18-/m0/s1. The molecule has 2 heterocycles. The molecule has 0 aliphatic rings. The third-order valence-electron chi connectivity index (χ3n) is 5.50. The molecule has 0 fully saturated rings. The summed E-state index contributed by atoms with van der Waals surface area (Å²) in [4.78, 5) is 35.9. The lowest BCUT2D eigenvalue weighted by Crippen LogP contribution is -2.48. The van der Waals surface area contributed by atoms with Gasteiger partial charge in [0.15, 0.2) is 5.65 Å². The van der Waals surface area contributed by atoms with Crippen molar-refractivity contribution in [3.63, 3.8) is 0 Å². The molecule has 0 unspecified atom stereocenters. The Balaban J connectivity index is 2.05. The Morgan fingerprint density at radius 3 is 2.40 bits per heavy atom. The summed E-state index contributed by atoms with van der Waals surface area (Å²) in [5.41, 5.74) is 9.16. The van der Waals surface area contributed by atoms with Gasteiger partial charge in [-0.3, -0.25) is 9.69 Å². The fraction of sp³-hybridized carbons (Fsp3) is 0.462. The van der Waals surface area contributed by atoms with Gasteiger partial charge in [-0.1, -0.05) is 29.8 Å². The number of aryl methyl sites for hydroxylation is 1. The lowest BCUT2D eigenvalue weighted by molar-refractivity contribution is -0.122. The Bertz CT molecular complexity index is 1180. The summed E-state index contributed by atoms with van der Waals surface area (Å²) < 4.78 is 13.1. The molecule has 0 bridgehead atoms. The average molecular weight is 482 g/mol. The van der Waals surface area contributed by atoms with Crippen molar-refractivity contribution in [1.29, 1.82) is 0 Å². The van der Waals surface area contributed by atoms with Gasteiger partial charge in [0.05, 0.1) is 18.8 Å². The number of hydrogen-bond acceptors (Lipinski definition) is 6. The smallest absolute Gasteiger partial charge is 0.411 e. The van der Waals surface area contributed by atoms with Crippen molar-refractivity contribution in [3.05, 3.63) is 47.8 Å². The van der Waals surface area contributed by atoms with Crippen LogP contribution in [0.15, 0.2) is 36.4 Å². The molecule has 3 aromatic rings. The number of amides is 2. The quantitative estimate of drug-likeness (QED) is 0.461. The molecule has 9 nitrogen and oxygen atoms in total. The third-order valence-corrected chi connectivity index (χ3v) is 5.50. The molecule has 0 spiro atoms. The van der Waals surface area contributed by atoms with Gasteiger partial charge in [-0.15, -0.1) is 0 Å². The number of rotatable bonds is 9. The number of benzene rings is 1. The highest BCUT2D eigenvalue weighted by Crippen LogP contribution is 2.24. The van der Waals surface area contributed by atoms with Crippen LogP contribution in [0.5, 0.6) is 0 Å². The lowest BCUT2D eigenvalue weighted by Gasteiger charge is -2.30. The van der Waals surface area contributed by atoms with Gasteiger partial charge < -0.3 is 19.8 Å². The molecule has 0 saturated heterocycles. The first kappa shape index (κ1) is 26.2. The molecule has 35 heavy (non-hydrogen) atoms. The molecule has 1 aromatic carbocycles. The van der Waals surface area contributed by atoms with Gasteiger partial charge in [-0.25, -0.2) is 14.8 Å². The summed E-state index contributed by atoms with van der Waals surface area (Å²) in [6.45, 7) is 12.4. The van der Waals surface area contributed by atoms with Gasteiger partial charge in [-0.05, 0) is 53.7 Å². The highest BCUT2D eigenvalue weighted by Gasteiger charge is 2.30. The van der Waals surface area contributed by atoms with Crippen LogP contribution in [0.25, 0.3) is 22.4 Å². The van der Waals surface area contributed by atoms with E-state index in [2.05, 4.69) is 0 Å². The maximum atomic E-state index is 13.0. The number of nitrogens with zero attached hydrogens (tertiary/aromatic N) is 4. The predicted molar refractivity (Wildman–Crippen MR) is 135 cm³/mol. The summed E-state index contributed by atoms with van der Waals surface area (Å²) in [6.07, 6.45) is -0.638. The Labute approximate surface area is 206 Å². The lowest BCUT2D eigenvalue weighted by atomic mass is 10.1. The zero-order chi connectivity index (χ0) is 25.8. The van der Waals surface area contributed by atoms with Crippen molar-refractivity contribution >= 4 is 23.2 Å². The number of fused-ring (bicyclic) bond motifs is 1. The van der Waals surface area contributed by atoms with Gasteiger partial charge >= 0.3 is 6.09 Å². The van der Waals surface area contributed by atoms with Crippen LogP contribution >= 0.6 is 0 Å². The summed E-state index contributed by atoms with van der Waals surface area (Å²) in [5.74, 6) is -0.0696. The summed E-state index contributed by atoms with van der Waals surface area (Å²) in [7, 11) is 0. The van der Waals surface area contributed by atoms with E-state index in [1.807, 2.05) is 54.8 Å². The second-order valence-corrected chi connectivity index (χ2v) is 9.47. The van der Waals surface area contributed by atoms with E-state index in [1.54, 1.807) is 27.7 Å². The van der Waals surface area contributed by atoms with Crippen molar-refractivity contribution in [2.24, 2.45) is 5.73 Å².